The van der Waals surface area contributed by atoms with E-state index in [0.717, 1.165) is 29.5 Å². The average molecular weight is 261 g/mol. The highest BCUT2D eigenvalue weighted by molar-refractivity contribution is 5.83. The molecular formula is C16H23NO2. The molecule has 0 spiro atoms. The van der Waals surface area contributed by atoms with Gasteiger partial charge in [0.1, 0.15) is 5.54 Å². The molecule has 1 unspecified atom stereocenters. The first-order valence-electron chi connectivity index (χ1n) is 7.00. The molecule has 1 N–H and O–H groups in total. The number of rotatable bonds is 5. The monoisotopic (exact) mass is 261 g/mol. The van der Waals surface area contributed by atoms with Gasteiger partial charge in [0.15, 0.2) is 0 Å². The van der Waals surface area contributed by atoms with Crippen molar-refractivity contribution in [1.29, 1.82) is 0 Å². The molecule has 2 rings (SSSR count). The van der Waals surface area contributed by atoms with Crippen LogP contribution in [0.1, 0.15) is 43.4 Å². The lowest BCUT2D eigenvalue weighted by molar-refractivity contribution is -0.151. The highest BCUT2D eigenvalue weighted by Gasteiger charge is 2.42. The van der Waals surface area contributed by atoms with Crippen molar-refractivity contribution in [2.45, 2.75) is 52.1 Å². The van der Waals surface area contributed by atoms with Gasteiger partial charge in [0, 0.05) is 6.04 Å². The second-order valence-electron chi connectivity index (χ2n) is 5.58. The molecule has 1 aromatic carbocycles. The van der Waals surface area contributed by atoms with Crippen LogP contribution in [0.3, 0.4) is 0 Å². The van der Waals surface area contributed by atoms with Gasteiger partial charge in [0.05, 0.1) is 6.61 Å². The normalized spacial score (nSPS) is 17.9. The second-order valence-corrected chi connectivity index (χ2v) is 5.58. The molecule has 104 valence electrons. The fourth-order valence-corrected chi connectivity index (χ4v) is 2.43. The molecule has 1 aliphatic carbocycles. The van der Waals surface area contributed by atoms with Crippen LogP contribution in [0.2, 0.25) is 0 Å². The molecular weight excluding hydrogens is 238 g/mol. The van der Waals surface area contributed by atoms with E-state index < -0.39 is 5.54 Å². The second kappa shape index (κ2) is 5.33. The van der Waals surface area contributed by atoms with Gasteiger partial charge in [-0.1, -0.05) is 23.8 Å². The van der Waals surface area contributed by atoms with Crippen LogP contribution in [0.15, 0.2) is 18.2 Å². The Kier molecular flexibility index (Phi) is 3.95. The fourth-order valence-electron chi connectivity index (χ4n) is 2.43. The molecule has 1 aromatic rings. The molecule has 0 aliphatic heterocycles. The van der Waals surface area contributed by atoms with E-state index in [2.05, 4.69) is 23.5 Å². The number of ether oxygens (including phenoxy) is 1. The lowest BCUT2D eigenvalue weighted by atomic mass is 9.87. The average Bonchev–Trinajstić information content (AvgIpc) is 3.16. The van der Waals surface area contributed by atoms with Crippen molar-refractivity contribution >= 4 is 5.97 Å². The minimum atomic E-state index is -0.743. The smallest absolute Gasteiger partial charge is 0.330 e. The van der Waals surface area contributed by atoms with Gasteiger partial charge >= 0.3 is 5.97 Å². The summed E-state index contributed by atoms with van der Waals surface area (Å²) in [6, 6.07) is 6.66. The van der Waals surface area contributed by atoms with Gasteiger partial charge in [-0.3, -0.25) is 5.32 Å². The zero-order valence-corrected chi connectivity index (χ0v) is 12.2. The van der Waals surface area contributed by atoms with Crippen molar-refractivity contribution in [2.75, 3.05) is 6.61 Å². The molecule has 0 saturated heterocycles. The zero-order valence-electron chi connectivity index (χ0n) is 12.2. The van der Waals surface area contributed by atoms with Crippen LogP contribution < -0.4 is 5.32 Å². The highest BCUT2D eigenvalue weighted by Crippen LogP contribution is 2.32. The van der Waals surface area contributed by atoms with Crippen LogP contribution >= 0.6 is 0 Å². The Morgan fingerprint density at radius 2 is 2.11 bits per heavy atom. The predicted molar refractivity (Wildman–Crippen MR) is 76.1 cm³/mol. The number of carbonyl (C=O) groups is 1. The van der Waals surface area contributed by atoms with Gasteiger partial charge in [-0.05, 0) is 51.7 Å². The van der Waals surface area contributed by atoms with Crippen molar-refractivity contribution in [1.82, 2.24) is 5.32 Å². The summed E-state index contributed by atoms with van der Waals surface area (Å²) in [6.07, 6.45) is 2.28. The summed E-state index contributed by atoms with van der Waals surface area (Å²) in [5.74, 6) is -0.185. The maximum atomic E-state index is 12.4. The number of hydrogen-bond acceptors (Lipinski definition) is 3. The van der Waals surface area contributed by atoms with Gasteiger partial charge in [-0.25, -0.2) is 4.79 Å². The van der Waals surface area contributed by atoms with Gasteiger partial charge in [0.2, 0.25) is 0 Å². The molecule has 1 fully saturated rings. The standard InChI is InChI=1S/C16H23NO2/c1-5-19-15(18)16(4,17-13-8-9-13)14-10-11(2)6-7-12(14)3/h6-7,10,13,17H,5,8-9H2,1-4H3. The summed E-state index contributed by atoms with van der Waals surface area (Å²) in [4.78, 5) is 12.4. The van der Waals surface area contributed by atoms with E-state index in [9.17, 15) is 4.79 Å². The lowest BCUT2D eigenvalue weighted by Crippen LogP contribution is -2.49. The van der Waals surface area contributed by atoms with Crippen molar-refractivity contribution in [2.24, 2.45) is 0 Å². The van der Waals surface area contributed by atoms with E-state index in [-0.39, 0.29) is 5.97 Å². The molecule has 3 nitrogen and oxygen atoms in total. The Hall–Kier alpha value is -1.35. The zero-order chi connectivity index (χ0) is 14.0. The summed E-state index contributed by atoms with van der Waals surface area (Å²) in [6.45, 7) is 8.28. The summed E-state index contributed by atoms with van der Waals surface area (Å²) < 4.78 is 5.28. The van der Waals surface area contributed by atoms with Crippen LogP contribution in [0.25, 0.3) is 0 Å². The largest absolute Gasteiger partial charge is 0.464 e. The number of benzene rings is 1. The molecule has 19 heavy (non-hydrogen) atoms. The molecule has 0 heterocycles. The summed E-state index contributed by atoms with van der Waals surface area (Å²) in [7, 11) is 0. The Morgan fingerprint density at radius 1 is 1.42 bits per heavy atom. The van der Waals surface area contributed by atoms with E-state index in [1.165, 1.54) is 0 Å². The number of hydrogen-bond donors (Lipinski definition) is 1. The number of carbonyl (C=O) groups excluding carboxylic acids is 1. The van der Waals surface area contributed by atoms with E-state index in [1.54, 1.807) is 0 Å². The summed E-state index contributed by atoms with van der Waals surface area (Å²) in [5, 5.41) is 3.46. The van der Waals surface area contributed by atoms with Crippen molar-refractivity contribution in [3.8, 4) is 0 Å². The quantitative estimate of drug-likeness (QED) is 0.828. The molecule has 1 aliphatic rings. The van der Waals surface area contributed by atoms with Crippen LogP contribution in [0.5, 0.6) is 0 Å². The van der Waals surface area contributed by atoms with Gasteiger partial charge in [0.25, 0.3) is 0 Å². The van der Waals surface area contributed by atoms with Crippen molar-refractivity contribution in [3.05, 3.63) is 34.9 Å². The first-order valence-corrected chi connectivity index (χ1v) is 7.00. The van der Waals surface area contributed by atoms with E-state index in [4.69, 9.17) is 4.74 Å². The van der Waals surface area contributed by atoms with Crippen LogP contribution in [-0.4, -0.2) is 18.6 Å². The van der Waals surface area contributed by atoms with E-state index >= 15 is 0 Å². The van der Waals surface area contributed by atoms with E-state index in [1.807, 2.05) is 27.7 Å². The fraction of sp³-hybridized carbons (Fsp3) is 0.562. The van der Waals surface area contributed by atoms with E-state index in [0.29, 0.717) is 12.6 Å². The molecule has 0 aromatic heterocycles. The summed E-state index contributed by atoms with van der Waals surface area (Å²) >= 11 is 0. The summed E-state index contributed by atoms with van der Waals surface area (Å²) in [5.41, 5.74) is 2.56. The van der Waals surface area contributed by atoms with Crippen LogP contribution in [0.4, 0.5) is 0 Å². The van der Waals surface area contributed by atoms with Crippen LogP contribution in [0, 0.1) is 13.8 Å². The van der Waals surface area contributed by atoms with Crippen molar-refractivity contribution in [3.63, 3.8) is 0 Å². The first kappa shape index (κ1) is 14.1. The van der Waals surface area contributed by atoms with Crippen molar-refractivity contribution < 1.29 is 9.53 Å². The number of esters is 1. The SMILES string of the molecule is CCOC(=O)C(C)(NC1CC1)c1cc(C)ccc1C. The topological polar surface area (TPSA) is 38.3 Å². The molecule has 0 amide bonds. The Bertz CT molecular complexity index is 480. The van der Waals surface area contributed by atoms with Gasteiger partial charge < -0.3 is 4.74 Å². The molecule has 0 radical (unpaired) electrons. The Morgan fingerprint density at radius 3 is 2.68 bits per heavy atom. The maximum absolute atomic E-state index is 12.4. The predicted octanol–water partition coefficient (Wildman–Crippen LogP) is 2.83. The number of aryl methyl sites for hydroxylation is 2. The maximum Gasteiger partial charge on any atom is 0.330 e. The highest BCUT2D eigenvalue weighted by atomic mass is 16.5. The third-order valence-electron chi connectivity index (χ3n) is 3.69. The molecule has 1 saturated carbocycles. The third-order valence-corrected chi connectivity index (χ3v) is 3.69. The van der Waals surface area contributed by atoms with Gasteiger partial charge in [-0.15, -0.1) is 0 Å². The minimum Gasteiger partial charge on any atom is -0.464 e. The number of nitrogens with one attached hydrogen (secondary N) is 1. The third kappa shape index (κ3) is 2.98. The van der Waals surface area contributed by atoms with Crippen LogP contribution in [-0.2, 0) is 15.1 Å². The van der Waals surface area contributed by atoms with Gasteiger partial charge in [-0.2, -0.15) is 0 Å². The lowest BCUT2D eigenvalue weighted by Gasteiger charge is -2.31. The molecule has 0 bridgehead atoms. The first-order chi connectivity index (χ1) is 8.97. The molecule has 3 heteroatoms. The Labute approximate surface area is 115 Å². The molecule has 1 atom stereocenters. The Balaban J connectivity index is 2.40. The minimum absolute atomic E-state index is 0.185.